The number of nitrogens with zero attached hydrogens (tertiary/aromatic N) is 2. The first-order chi connectivity index (χ1) is 11.7. The Labute approximate surface area is 141 Å². The minimum Gasteiger partial charge on any atom is -0.508 e. The van der Waals surface area contributed by atoms with Gasteiger partial charge in [0, 0.05) is 30.0 Å². The quantitative estimate of drug-likeness (QED) is 0.649. The van der Waals surface area contributed by atoms with Gasteiger partial charge >= 0.3 is 0 Å². The predicted molar refractivity (Wildman–Crippen MR) is 97.1 cm³/mol. The van der Waals surface area contributed by atoms with E-state index in [9.17, 15) is 5.11 Å². The molecule has 4 rings (SSSR count). The molecular weight excluding hydrogens is 298 g/mol. The molecule has 2 fully saturated rings. The van der Waals surface area contributed by atoms with Crippen LogP contribution in [0, 0.1) is 0 Å². The average molecular weight is 319 g/mol. The zero-order valence-electron chi connectivity index (χ0n) is 13.6. The average Bonchev–Trinajstić information content (AvgIpc) is 3.34. The van der Waals surface area contributed by atoms with E-state index in [1.54, 1.807) is 12.2 Å². The van der Waals surface area contributed by atoms with Crippen LogP contribution in [0.1, 0.15) is 41.5 Å². The van der Waals surface area contributed by atoms with Crippen LogP contribution in [0.15, 0.2) is 49.3 Å². The standard InChI is InChI=1S/C20H21N3O/c1-3-4-16(12(2)24)20-8-14-7-17(15-10-21-11-15)18(13-5-6-13)9-19(14)22-23-20/h3-4,7-9,13,15,21,24H,1-2,5-6,10-11H2/b16-4+. The highest BCUT2D eigenvalue weighted by Gasteiger charge is 2.31. The number of aliphatic hydroxyl groups excluding tert-OH is 1. The molecule has 2 N–H and O–H groups in total. The third-order valence-corrected chi connectivity index (χ3v) is 4.90. The van der Waals surface area contributed by atoms with Gasteiger partial charge < -0.3 is 10.4 Å². The van der Waals surface area contributed by atoms with E-state index in [1.165, 1.54) is 24.0 Å². The number of aromatic nitrogens is 2. The molecule has 0 atom stereocenters. The highest BCUT2D eigenvalue weighted by atomic mass is 16.3. The van der Waals surface area contributed by atoms with Crippen molar-refractivity contribution < 1.29 is 5.11 Å². The van der Waals surface area contributed by atoms with Crippen molar-refractivity contribution >= 4 is 16.5 Å². The van der Waals surface area contributed by atoms with E-state index in [2.05, 4.69) is 40.8 Å². The lowest BCUT2D eigenvalue weighted by atomic mass is 9.87. The van der Waals surface area contributed by atoms with Crippen molar-refractivity contribution in [1.82, 2.24) is 15.5 Å². The van der Waals surface area contributed by atoms with Crippen LogP contribution >= 0.6 is 0 Å². The molecule has 122 valence electrons. The Morgan fingerprint density at radius 2 is 1.88 bits per heavy atom. The molecule has 2 aromatic rings. The molecule has 4 heteroatoms. The summed E-state index contributed by atoms with van der Waals surface area (Å²) in [5.74, 6) is 1.26. The van der Waals surface area contributed by atoms with Crippen molar-refractivity contribution in [2.75, 3.05) is 13.1 Å². The minimum absolute atomic E-state index is 0.0263. The van der Waals surface area contributed by atoms with Crippen LogP contribution in [-0.2, 0) is 0 Å². The molecule has 0 bridgehead atoms. The Balaban J connectivity index is 1.84. The van der Waals surface area contributed by atoms with Gasteiger partial charge in [-0.1, -0.05) is 19.2 Å². The van der Waals surface area contributed by atoms with E-state index in [-0.39, 0.29) is 5.76 Å². The fourth-order valence-corrected chi connectivity index (χ4v) is 3.31. The first kappa shape index (κ1) is 15.1. The number of benzene rings is 1. The SMILES string of the molecule is C=C/C=C(\C(=C)O)c1cc2cc(C3CNC3)c(C3CC3)cc2nn1. The molecular formula is C20H21N3O. The van der Waals surface area contributed by atoms with Crippen LogP contribution < -0.4 is 5.32 Å². The van der Waals surface area contributed by atoms with Crippen molar-refractivity contribution in [3.63, 3.8) is 0 Å². The van der Waals surface area contributed by atoms with Gasteiger partial charge in [-0.05, 0) is 54.2 Å². The summed E-state index contributed by atoms with van der Waals surface area (Å²) >= 11 is 0. The molecule has 1 aliphatic carbocycles. The molecule has 2 heterocycles. The smallest absolute Gasteiger partial charge is 0.117 e. The summed E-state index contributed by atoms with van der Waals surface area (Å²) in [6.07, 6.45) is 5.87. The second-order valence-electron chi connectivity index (χ2n) is 6.66. The number of hydrogen-bond acceptors (Lipinski definition) is 4. The third-order valence-electron chi connectivity index (χ3n) is 4.90. The summed E-state index contributed by atoms with van der Waals surface area (Å²) in [4.78, 5) is 0. The van der Waals surface area contributed by atoms with Crippen molar-refractivity contribution in [1.29, 1.82) is 0 Å². The van der Waals surface area contributed by atoms with Gasteiger partial charge in [-0.15, -0.1) is 10.2 Å². The number of aliphatic hydroxyl groups is 1. The van der Waals surface area contributed by atoms with E-state index >= 15 is 0 Å². The van der Waals surface area contributed by atoms with E-state index in [0.717, 1.165) is 24.0 Å². The van der Waals surface area contributed by atoms with Gasteiger partial charge in [0.2, 0.25) is 0 Å². The number of hydrogen-bond donors (Lipinski definition) is 2. The minimum atomic E-state index is -0.0263. The van der Waals surface area contributed by atoms with E-state index in [0.29, 0.717) is 23.1 Å². The zero-order valence-corrected chi connectivity index (χ0v) is 13.6. The van der Waals surface area contributed by atoms with E-state index in [4.69, 9.17) is 0 Å². The predicted octanol–water partition coefficient (Wildman–Crippen LogP) is 3.84. The summed E-state index contributed by atoms with van der Waals surface area (Å²) < 4.78 is 0. The first-order valence-corrected chi connectivity index (χ1v) is 8.40. The molecule has 1 saturated heterocycles. The summed E-state index contributed by atoms with van der Waals surface area (Å²) in [6, 6.07) is 6.45. The number of fused-ring (bicyclic) bond motifs is 1. The van der Waals surface area contributed by atoms with E-state index < -0.39 is 0 Å². The second-order valence-corrected chi connectivity index (χ2v) is 6.66. The topological polar surface area (TPSA) is 58.0 Å². The lowest BCUT2D eigenvalue weighted by Crippen LogP contribution is -2.40. The maximum Gasteiger partial charge on any atom is 0.117 e. The Hall–Kier alpha value is -2.46. The highest BCUT2D eigenvalue weighted by Crippen LogP contribution is 2.45. The van der Waals surface area contributed by atoms with Crippen LogP contribution in [0.3, 0.4) is 0 Å². The van der Waals surface area contributed by atoms with Crippen molar-refractivity contribution in [3.05, 3.63) is 66.1 Å². The van der Waals surface area contributed by atoms with Gasteiger partial charge in [0.1, 0.15) is 5.76 Å². The lowest BCUT2D eigenvalue weighted by Gasteiger charge is -2.29. The third kappa shape index (κ3) is 2.63. The summed E-state index contributed by atoms with van der Waals surface area (Å²) in [5, 5.41) is 22.9. The Kier molecular flexibility index (Phi) is 3.69. The Morgan fingerprint density at radius 3 is 2.46 bits per heavy atom. The van der Waals surface area contributed by atoms with E-state index in [1.807, 2.05) is 6.07 Å². The van der Waals surface area contributed by atoms with Crippen LogP contribution in [-0.4, -0.2) is 28.4 Å². The van der Waals surface area contributed by atoms with Crippen molar-refractivity contribution in [2.45, 2.75) is 24.7 Å². The second kappa shape index (κ2) is 5.87. The molecule has 2 aliphatic rings. The Bertz CT molecular complexity index is 861. The molecule has 1 aromatic heterocycles. The maximum absolute atomic E-state index is 9.80. The lowest BCUT2D eigenvalue weighted by molar-refractivity contribution is 0.440. The van der Waals surface area contributed by atoms with Crippen LogP contribution in [0.5, 0.6) is 0 Å². The van der Waals surface area contributed by atoms with Gasteiger partial charge in [0.05, 0.1) is 11.2 Å². The van der Waals surface area contributed by atoms with Gasteiger partial charge in [0.15, 0.2) is 0 Å². The molecule has 0 spiro atoms. The maximum atomic E-state index is 9.80. The summed E-state index contributed by atoms with van der Waals surface area (Å²) in [5.41, 5.74) is 4.98. The summed E-state index contributed by atoms with van der Waals surface area (Å²) in [7, 11) is 0. The fourth-order valence-electron chi connectivity index (χ4n) is 3.31. The molecule has 0 radical (unpaired) electrons. The van der Waals surface area contributed by atoms with Crippen molar-refractivity contribution in [3.8, 4) is 0 Å². The number of rotatable bonds is 5. The summed E-state index contributed by atoms with van der Waals surface area (Å²) in [6.45, 7) is 9.38. The van der Waals surface area contributed by atoms with Crippen molar-refractivity contribution in [2.24, 2.45) is 0 Å². The van der Waals surface area contributed by atoms with Crippen LogP contribution in [0.2, 0.25) is 0 Å². The van der Waals surface area contributed by atoms with Crippen LogP contribution in [0.25, 0.3) is 16.5 Å². The fraction of sp³-hybridized carbons (Fsp3) is 0.300. The normalized spacial score (nSPS) is 18.4. The number of allylic oxidation sites excluding steroid dienone is 3. The molecule has 0 amide bonds. The van der Waals surface area contributed by atoms with Gasteiger partial charge in [0.25, 0.3) is 0 Å². The van der Waals surface area contributed by atoms with Gasteiger partial charge in [-0.3, -0.25) is 0 Å². The molecule has 1 aliphatic heterocycles. The number of nitrogens with one attached hydrogen (secondary N) is 1. The van der Waals surface area contributed by atoms with Crippen LogP contribution in [0.4, 0.5) is 0 Å². The zero-order chi connectivity index (χ0) is 16.7. The molecule has 1 saturated carbocycles. The molecule has 0 unspecified atom stereocenters. The molecule has 1 aromatic carbocycles. The largest absolute Gasteiger partial charge is 0.508 e. The first-order valence-electron chi connectivity index (χ1n) is 8.40. The van der Waals surface area contributed by atoms with Gasteiger partial charge in [-0.25, -0.2) is 0 Å². The monoisotopic (exact) mass is 319 g/mol. The molecule has 24 heavy (non-hydrogen) atoms. The highest BCUT2D eigenvalue weighted by molar-refractivity contribution is 5.85. The Morgan fingerprint density at radius 1 is 1.12 bits per heavy atom. The molecule has 4 nitrogen and oxygen atoms in total. The van der Waals surface area contributed by atoms with Gasteiger partial charge in [-0.2, -0.15) is 0 Å².